The number of carbonyl (C=O) groups excluding carboxylic acids is 1. The molecule has 1 aliphatic carbocycles. The molecule has 2 aliphatic rings. The number of ether oxygens (including phenoxy) is 1. The maximum Gasteiger partial charge on any atom is 0.272 e. The van der Waals surface area contributed by atoms with E-state index in [0.717, 1.165) is 36.8 Å². The maximum absolute atomic E-state index is 13.5. The molecule has 1 aliphatic heterocycles. The second kappa shape index (κ2) is 8.79. The predicted molar refractivity (Wildman–Crippen MR) is 124 cm³/mol. The molecule has 1 amide bonds. The van der Waals surface area contributed by atoms with E-state index in [1.54, 1.807) is 7.11 Å². The normalized spacial score (nSPS) is 16.9. The van der Waals surface area contributed by atoms with Gasteiger partial charge in [-0.25, -0.2) is 4.68 Å². The van der Waals surface area contributed by atoms with Crippen LogP contribution in [0.1, 0.15) is 46.1 Å². The van der Waals surface area contributed by atoms with E-state index < -0.39 is 0 Å². The third-order valence-corrected chi connectivity index (χ3v) is 6.43. The molecule has 6 nitrogen and oxygen atoms in total. The average Bonchev–Trinajstić information content (AvgIpc) is 3.58. The molecule has 6 heteroatoms. The van der Waals surface area contributed by atoms with E-state index in [1.165, 1.54) is 24.0 Å². The quantitative estimate of drug-likeness (QED) is 0.593. The summed E-state index contributed by atoms with van der Waals surface area (Å²) in [5.41, 5.74) is 5.08. The first-order valence-corrected chi connectivity index (χ1v) is 11.4. The first-order valence-electron chi connectivity index (χ1n) is 11.4. The lowest BCUT2D eigenvalue weighted by Gasteiger charge is -2.35. The monoisotopic (exact) mass is 430 g/mol. The molecule has 1 saturated carbocycles. The molecule has 2 aromatic carbocycles. The number of piperazine rings is 1. The Morgan fingerprint density at radius 2 is 1.78 bits per heavy atom. The van der Waals surface area contributed by atoms with Gasteiger partial charge in [-0.05, 0) is 44.0 Å². The smallest absolute Gasteiger partial charge is 0.272 e. The molecule has 2 heterocycles. The van der Waals surface area contributed by atoms with Crippen LogP contribution >= 0.6 is 0 Å². The lowest BCUT2D eigenvalue weighted by Crippen LogP contribution is -2.48. The molecule has 3 aromatic rings. The molecule has 32 heavy (non-hydrogen) atoms. The molecule has 2 fully saturated rings. The number of benzene rings is 2. The Bertz CT molecular complexity index is 1100. The van der Waals surface area contributed by atoms with Gasteiger partial charge < -0.3 is 9.64 Å². The number of rotatable bonds is 6. The highest BCUT2D eigenvalue weighted by atomic mass is 16.5. The third kappa shape index (κ3) is 4.28. The number of aromatic nitrogens is 2. The van der Waals surface area contributed by atoms with Crippen LogP contribution in [0.4, 0.5) is 0 Å². The zero-order valence-corrected chi connectivity index (χ0v) is 18.8. The third-order valence-electron chi connectivity index (χ3n) is 6.43. The minimum absolute atomic E-state index is 0.0704. The summed E-state index contributed by atoms with van der Waals surface area (Å²) in [6.45, 7) is 6.05. The molecule has 5 rings (SSSR count). The Hall–Kier alpha value is -3.12. The van der Waals surface area contributed by atoms with Crippen molar-refractivity contribution < 1.29 is 9.53 Å². The first kappa shape index (κ1) is 20.8. The fourth-order valence-corrected chi connectivity index (χ4v) is 4.44. The Morgan fingerprint density at radius 3 is 2.47 bits per heavy atom. The lowest BCUT2D eigenvalue weighted by atomic mass is 10.1. The standard InChI is InChI=1S/C26H30N4O2/c1-19-8-11-25(32-2)21(16-19)18-28-12-14-29(15-13-28)26(31)24-17-23(20-9-10-20)27-30(24)22-6-4-3-5-7-22/h3-8,11,16-17,20H,9-10,12-15,18H2,1-2H3. The lowest BCUT2D eigenvalue weighted by molar-refractivity contribution is 0.0618. The number of hydrogen-bond acceptors (Lipinski definition) is 4. The Kier molecular flexibility index (Phi) is 5.70. The minimum Gasteiger partial charge on any atom is -0.496 e. The summed E-state index contributed by atoms with van der Waals surface area (Å²) >= 11 is 0. The van der Waals surface area contributed by atoms with Gasteiger partial charge in [0.1, 0.15) is 11.4 Å². The molecule has 1 saturated heterocycles. The van der Waals surface area contributed by atoms with Crippen molar-refractivity contribution in [2.24, 2.45) is 0 Å². The molecular weight excluding hydrogens is 400 g/mol. The largest absolute Gasteiger partial charge is 0.496 e. The number of methoxy groups -OCH3 is 1. The Morgan fingerprint density at radius 1 is 1.03 bits per heavy atom. The highest BCUT2D eigenvalue weighted by Gasteiger charge is 2.31. The van der Waals surface area contributed by atoms with Crippen LogP contribution in [0.2, 0.25) is 0 Å². The summed E-state index contributed by atoms with van der Waals surface area (Å²) in [5.74, 6) is 1.50. The molecule has 166 valence electrons. The number of amides is 1. The fraction of sp³-hybridized carbons (Fsp3) is 0.385. The zero-order valence-electron chi connectivity index (χ0n) is 18.8. The Balaban J connectivity index is 1.29. The van der Waals surface area contributed by atoms with E-state index in [1.807, 2.05) is 52.0 Å². The van der Waals surface area contributed by atoms with Crippen LogP contribution < -0.4 is 4.74 Å². The molecule has 0 atom stereocenters. The van der Waals surface area contributed by atoms with Crippen LogP contribution in [-0.2, 0) is 6.54 Å². The van der Waals surface area contributed by atoms with Crippen molar-refractivity contribution in [2.75, 3.05) is 33.3 Å². The topological polar surface area (TPSA) is 50.6 Å². The molecular formula is C26H30N4O2. The summed E-state index contributed by atoms with van der Waals surface area (Å²) in [5, 5.41) is 4.80. The van der Waals surface area contributed by atoms with Crippen LogP contribution in [0.3, 0.4) is 0 Å². The zero-order chi connectivity index (χ0) is 22.1. The van der Waals surface area contributed by atoms with E-state index in [0.29, 0.717) is 24.7 Å². The van der Waals surface area contributed by atoms with Gasteiger partial charge in [-0.3, -0.25) is 9.69 Å². The van der Waals surface area contributed by atoms with Crippen molar-refractivity contribution in [2.45, 2.75) is 32.2 Å². The second-order valence-corrected chi connectivity index (χ2v) is 8.86. The number of aryl methyl sites for hydroxylation is 1. The summed E-state index contributed by atoms with van der Waals surface area (Å²) in [4.78, 5) is 17.9. The van der Waals surface area contributed by atoms with Crippen molar-refractivity contribution >= 4 is 5.91 Å². The van der Waals surface area contributed by atoms with Crippen LogP contribution in [0.5, 0.6) is 5.75 Å². The molecule has 0 N–H and O–H groups in total. The summed E-state index contributed by atoms with van der Waals surface area (Å²) < 4.78 is 7.37. The summed E-state index contributed by atoms with van der Waals surface area (Å²) in [7, 11) is 1.72. The van der Waals surface area contributed by atoms with E-state index in [2.05, 4.69) is 24.0 Å². The van der Waals surface area contributed by atoms with Crippen molar-refractivity contribution in [3.63, 3.8) is 0 Å². The summed E-state index contributed by atoms with van der Waals surface area (Å²) in [6.07, 6.45) is 2.33. The van der Waals surface area contributed by atoms with Gasteiger partial charge in [-0.1, -0.05) is 35.9 Å². The van der Waals surface area contributed by atoms with Gasteiger partial charge in [0.2, 0.25) is 0 Å². The highest BCUT2D eigenvalue weighted by molar-refractivity contribution is 5.93. The van der Waals surface area contributed by atoms with E-state index in [4.69, 9.17) is 9.84 Å². The van der Waals surface area contributed by atoms with Crippen molar-refractivity contribution in [3.05, 3.63) is 77.1 Å². The van der Waals surface area contributed by atoms with Gasteiger partial charge in [0, 0.05) is 44.2 Å². The van der Waals surface area contributed by atoms with Crippen molar-refractivity contribution in [1.29, 1.82) is 0 Å². The molecule has 1 aromatic heterocycles. The van der Waals surface area contributed by atoms with Gasteiger partial charge in [0.05, 0.1) is 18.5 Å². The van der Waals surface area contributed by atoms with Crippen LogP contribution in [0.25, 0.3) is 5.69 Å². The van der Waals surface area contributed by atoms with Crippen LogP contribution in [-0.4, -0.2) is 58.8 Å². The first-order chi connectivity index (χ1) is 15.6. The van der Waals surface area contributed by atoms with Gasteiger partial charge in [-0.2, -0.15) is 5.10 Å². The number of nitrogens with zero attached hydrogens (tertiary/aromatic N) is 4. The predicted octanol–water partition coefficient (Wildman–Crippen LogP) is 4.02. The van der Waals surface area contributed by atoms with E-state index >= 15 is 0 Å². The molecule has 0 bridgehead atoms. The average molecular weight is 431 g/mol. The number of carbonyl (C=O) groups is 1. The number of hydrogen-bond donors (Lipinski definition) is 0. The SMILES string of the molecule is COc1ccc(C)cc1CN1CCN(C(=O)c2cc(C3CC3)nn2-c2ccccc2)CC1. The van der Waals surface area contributed by atoms with Gasteiger partial charge >= 0.3 is 0 Å². The van der Waals surface area contributed by atoms with Crippen molar-refractivity contribution in [3.8, 4) is 11.4 Å². The molecule has 0 radical (unpaired) electrons. The van der Waals surface area contributed by atoms with E-state index in [9.17, 15) is 4.79 Å². The van der Waals surface area contributed by atoms with Crippen molar-refractivity contribution in [1.82, 2.24) is 19.6 Å². The van der Waals surface area contributed by atoms with Gasteiger partial charge in [-0.15, -0.1) is 0 Å². The van der Waals surface area contributed by atoms with E-state index in [-0.39, 0.29) is 5.91 Å². The molecule has 0 unspecified atom stereocenters. The second-order valence-electron chi connectivity index (χ2n) is 8.86. The maximum atomic E-state index is 13.5. The summed E-state index contributed by atoms with van der Waals surface area (Å²) in [6, 6.07) is 18.3. The van der Waals surface area contributed by atoms with Crippen LogP contribution in [0.15, 0.2) is 54.6 Å². The van der Waals surface area contributed by atoms with Gasteiger partial charge in [0.25, 0.3) is 5.91 Å². The highest BCUT2D eigenvalue weighted by Crippen LogP contribution is 2.40. The van der Waals surface area contributed by atoms with Crippen LogP contribution in [0, 0.1) is 6.92 Å². The number of para-hydroxylation sites is 1. The van der Waals surface area contributed by atoms with Gasteiger partial charge in [0.15, 0.2) is 0 Å². The fourth-order valence-electron chi connectivity index (χ4n) is 4.44. The Labute approximate surface area is 189 Å². The molecule has 0 spiro atoms. The minimum atomic E-state index is 0.0704.